The van der Waals surface area contributed by atoms with Gasteiger partial charge in [-0.3, -0.25) is 19.2 Å². The minimum Gasteiger partial charge on any atom is -0.370 e. The quantitative estimate of drug-likeness (QED) is 0.130. The number of fused-ring (bicyclic) bond motifs is 1. The van der Waals surface area contributed by atoms with Gasteiger partial charge >= 0.3 is 0 Å². The predicted octanol–water partition coefficient (Wildman–Crippen LogP) is 3.80. The first-order valence-electron chi connectivity index (χ1n) is 14.0. The Morgan fingerprint density at radius 3 is 2.31 bits per heavy atom. The van der Waals surface area contributed by atoms with E-state index in [0.29, 0.717) is 30.1 Å². The number of nitrogens with two attached hydrogens (primary N) is 2. The molecule has 42 heavy (non-hydrogen) atoms. The van der Waals surface area contributed by atoms with Crippen molar-refractivity contribution in [1.29, 1.82) is 0 Å². The first-order valence-corrected chi connectivity index (χ1v) is 15.9. The van der Waals surface area contributed by atoms with Crippen molar-refractivity contribution in [2.45, 2.75) is 56.1 Å². The van der Waals surface area contributed by atoms with Gasteiger partial charge in [-0.05, 0) is 49.1 Å². The van der Waals surface area contributed by atoms with Crippen LogP contribution in [-0.4, -0.2) is 54.3 Å². The van der Waals surface area contributed by atoms with Crippen LogP contribution < -0.4 is 22.3 Å². The SMILES string of the molecule is CS(=O)(=O)c1ccc(-c2cn3cc(-c4ccc(CNCCCN=C(N)N)cc4)c(=O)[nH]c3n2)cc1.FC1CCCCC1. The Morgan fingerprint density at radius 1 is 1.05 bits per heavy atom. The molecule has 2 aromatic heterocycles. The highest BCUT2D eigenvalue weighted by atomic mass is 32.2. The summed E-state index contributed by atoms with van der Waals surface area (Å²) in [4.78, 5) is 24.2. The minimum atomic E-state index is -3.27. The van der Waals surface area contributed by atoms with E-state index in [1.807, 2.05) is 24.3 Å². The second kappa shape index (κ2) is 14.2. The molecule has 0 amide bonds. The van der Waals surface area contributed by atoms with E-state index in [1.54, 1.807) is 41.1 Å². The molecule has 4 aromatic rings. The fourth-order valence-corrected chi connectivity index (χ4v) is 5.30. The van der Waals surface area contributed by atoms with Crippen molar-refractivity contribution in [2.24, 2.45) is 16.5 Å². The Kier molecular flexibility index (Phi) is 10.5. The molecule has 10 nitrogen and oxygen atoms in total. The molecule has 1 saturated carbocycles. The summed E-state index contributed by atoms with van der Waals surface area (Å²) < 4.78 is 37.3. The van der Waals surface area contributed by atoms with Gasteiger partial charge in [0, 0.05) is 37.3 Å². The summed E-state index contributed by atoms with van der Waals surface area (Å²) in [5.74, 6) is 0.506. The number of H-pyrrole nitrogens is 1. The lowest BCUT2D eigenvalue weighted by atomic mass is 9.99. The summed E-state index contributed by atoms with van der Waals surface area (Å²) in [7, 11) is -3.27. The fraction of sp³-hybridized carbons (Fsp3) is 0.367. The third-order valence-electron chi connectivity index (χ3n) is 6.98. The Balaban J connectivity index is 0.000000507. The molecular weight excluding hydrogens is 557 g/mol. The lowest BCUT2D eigenvalue weighted by Gasteiger charge is -2.12. The molecule has 0 bridgehead atoms. The van der Waals surface area contributed by atoms with Crippen LogP contribution in [0.2, 0.25) is 0 Å². The molecule has 1 fully saturated rings. The third kappa shape index (κ3) is 8.73. The maximum atomic E-state index is 12.7. The summed E-state index contributed by atoms with van der Waals surface area (Å²) in [6, 6.07) is 14.3. The smallest absolute Gasteiger partial charge is 0.260 e. The van der Waals surface area contributed by atoms with Gasteiger partial charge in [0.2, 0.25) is 5.78 Å². The second-order valence-corrected chi connectivity index (χ2v) is 12.4. The van der Waals surface area contributed by atoms with Gasteiger partial charge < -0.3 is 16.8 Å². The number of nitrogens with one attached hydrogen (secondary N) is 2. The number of benzene rings is 2. The number of aromatic nitrogens is 3. The van der Waals surface area contributed by atoms with E-state index in [9.17, 15) is 17.6 Å². The average Bonchev–Trinajstić information content (AvgIpc) is 3.38. The van der Waals surface area contributed by atoms with E-state index in [2.05, 4.69) is 20.3 Å². The van der Waals surface area contributed by atoms with E-state index in [-0.39, 0.29) is 16.4 Å². The van der Waals surface area contributed by atoms with E-state index in [0.717, 1.165) is 55.3 Å². The van der Waals surface area contributed by atoms with E-state index < -0.39 is 16.0 Å². The number of alkyl halides is 1. The molecule has 0 spiro atoms. The lowest BCUT2D eigenvalue weighted by molar-refractivity contribution is 0.251. The summed E-state index contributed by atoms with van der Waals surface area (Å²) in [6.07, 6.45) is 10.2. The summed E-state index contributed by atoms with van der Waals surface area (Å²) in [5, 5.41) is 3.34. The van der Waals surface area contributed by atoms with Crippen molar-refractivity contribution < 1.29 is 12.8 Å². The number of guanidine groups is 1. The minimum absolute atomic E-state index is 0.101. The van der Waals surface area contributed by atoms with Crippen molar-refractivity contribution in [3.8, 4) is 22.4 Å². The molecule has 0 atom stereocenters. The molecule has 0 saturated heterocycles. The second-order valence-electron chi connectivity index (χ2n) is 10.4. The average molecular weight is 596 g/mol. The maximum Gasteiger partial charge on any atom is 0.260 e. The first kappa shape index (κ1) is 30.9. The van der Waals surface area contributed by atoms with Crippen LogP contribution in [0.25, 0.3) is 28.2 Å². The van der Waals surface area contributed by atoms with Gasteiger partial charge in [0.05, 0.1) is 16.2 Å². The van der Waals surface area contributed by atoms with Crippen molar-refractivity contribution in [1.82, 2.24) is 19.7 Å². The Labute approximate surface area is 245 Å². The van der Waals surface area contributed by atoms with Gasteiger partial charge in [0.15, 0.2) is 15.8 Å². The van der Waals surface area contributed by atoms with Gasteiger partial charge in [0.1, 0.15) is 6.17 Å². The van der Waals surface area contributed by atoms with Crippen molar-refractivity contribution in [3.05, 3.63) is 76.8 Å². The molecule has 1 aliphatic carbocycles. The normalized spacial score (nSPS) is 13.9. The highest BCUT2D eigenvalue weighted by molar-refractivity contribution is 7.90. The molecule has 2 heterocycles. The van der Waals surface area contributed by atoms with Gasteiger partial charge in [0.25, 0.3) is 5.56 Å². The highest BCUT2D eigenvalue weighted by Crippen LogP contribution is 2.22. The monoisotopic (exact) mass is 595 g/mol. The molecule has 6 N–H and O–H groups in total. The number of imidazole rings is 1. The largest absolute Gasteiger partial charge is 0.370 e. The molecule has 2 aromatic carbocycles. The predicted molar refractivity (Wildman–Crippen MR) is 165 cm³/mol. The van der Waals surface area contributed by atoms with Crippen LogP contribution in [0.5, 0.6) is 0 Å². The van der Waals surface area contributed by atoms with E-state index in [1.165, 1.54) is 12.7 Å². The zero-order valence-electron chi connectivity index (χ0n) is 23.7. The first-order chi connectivity index (χ1) is 20.1. The number of sulfone groups is 1. The summed E-state index contributed by atoms with van der Waals surface area (Å²) >= 11 is 0. The summed E-state index contributed by atoms with van der Waals surface area (Å²) in [6.45, 7) is 2.07. The van der Waals surface area contributed by atoms with Crippen LogP contribution in [-0.2, 0) is 16.4 Å². The number of nitrogens with zero attached hydrogens (tertiary/aromatic N) is 3. The zero-order chi connectivity index (χ0) is 30.1. The zero-order valence-corrected chi connectivity index (χ0v) is 24.5. The van der Waals surface area contributed by atoms with Crippen LogP contribution >= 0.6 is 0 Å². The van der Waals surface area contributed by atoms with Gasteiger partial charge in [-0.1, -0.05) is 55.7 Å². The molecule has 0 aliphatic heterocycles. The molecule has 12 heteroatoms. The van der Waals surface area contributed by atoms with Gasteiger partial charge in [-0.2, -0.15) is 0 Å². The van der Waals surface area contributed by atoms with Crippen LogP contribution in [0.1, 0.15) is 44.1 Å². The fourth-order valence-electron chi connectivity index (χ4n) is 4.67. The number of hydrogen-bond acceptors (Lipinski definition) is 6. The molecule has 224 valence electrons. The Bertz CT molecular complexity index is 1650. The number of rotatable bonds is 9. The maximum absolute atomic E-state index is 12.7. The standard InChI is InChI=1S/C24H27N7O3S.C6H11F/c1-35(33,34)19-9-7-18(8-10-19)21-15-31-14-20(22(32)30-24(31)29-21)17-5-3-16(4-6-17)13-27-11-2-12-28-23(25)26;7-6-4-2-1-3-5-6/h3-10,14-15,27H,2,11-13H2,1H3,(H4,25,26,28)(H,29,30,32);6H,1-5H2. The Morgan fingerprint density at radius 2 is 1.71 bits per heavy atom. The van der Waals surface area contributed by atoms with Crippen molar-refractivity contribution in [3.63, 3.8) is 0 Å². The van der Waals surface area contributed by atoms with Crippen molar-refractivity contribution >= 4 is 21.6 Å². The number of aromatic amines is 1. The van der Waals surface area contributed by atoms with Gasteiger partial charge in [-0.15, -0.1) is 0 Å². The lowest BCUT2D eigenvalue weighted by Crippen LogP contribution is -2.23. The number of halogens is 1. The van der Waals surface area contributed by atoms with Crippen LogP contribution in [0, 0.1) is 0 Å². The van der Waals surface area contributed by atoms with Crippen LogP contribution in [0.3, 0.4) is 0 Å². The van der Waals surface area contributed by atoms with Crippen LogP contribution in [0.15, 0.2) is 75.6 Å². The molecule has 0 unspecified atom stereocenters. The van der Waals surface area contributed by atoms with Gasteiger partial charge in [-0.25, -0.2) is 17.8 Å². The Hall–Kier alpha value is -4.03. The number of aliphatic imine (C=N–C) groups is 1. The van der Waals surface area contributed by atoms with Crippen LogP contribution in [0.4, 0.5) is 4.39 Å². The topological polar surface area (TPSA) is 161 Å². The highest BCUT2D eigenvalue weighted by Gasteiger charge is 2.12. The van der Waals surface area contributed by atoms with E-state index in [4.69, 9.17) is 11.5 Å². The molecular formula is C30H38FN7O3S. The summed E-state index contributed by atoms with van der Waals surface area (Å²) in [5.41, 5.74) is 14.1. The third-order valence-corrected chi connectivity index (χ3v) is 8.11. The molecule has 1 aliphatic rings. The molecule has 5 rings (SSSR count). The number of hydrogen-bond donors (Lipinski definition) is 4. The van der Waals surface area contributed by atoms with E-state index >= 15 is 0 Å². The van der Waals surface area contributed by atoms with Crippen molar-refractivity contribution in [2.75, 3.05) is 19.3 Å². The molecule has 0 radical (unpaired) electrons.